The average molecular weight is 538 g/mol. The van der Waals surface area contributed by atoms with Crippen molar-refractivity contribution < 1.29 is 19.1 Å². The first-order chi connectivity index (χ1) is 18.4. The molecule has 0 aliphatic carbocycles. The molecule has 10 heteroatoms. The number of anilines is 1. The van der Waals surface area contributed by atoms with Gasteiger partial charge in [-0.15, -0.1) is 11.3 Å². The number of para-hydroxylation sites is 1. The van der Waals surface area contributed by atoms with Gasteiger partial charge in [-0.1, -0.05) is 18.2 Å². The molecule has 4 heterocycles. The van der Waals surface area contributed by atoms with Gasteiger partial charge < -0.3 is 24.2 Å². The van der Waals surface area contributed by atoms with Crippen molar-refractivity contribution in [2.75, 3.05) is 50.8 Å². The van der Waals surface area contributed by atoms with E-state index in [1.165, 1.54) is 11.3 Å². The number of hydrogen-bond donors (Lipinski definition) is 0. The SMILES string of the molecule is CCOC(=O)N1CCN(c2nc3c(C)cccc3cc2CN(CC2CCCO2)C(=O)c2csc(C)n2)CC1. The van der Waals surface area contributed by atoms with E-state index < -0.39 is 0 Å². The number of piperazine rings is 1. The summed E-state index contributed by atoms with van der Waals surface area (Å²) in [6.07, 6.45) is 1.69. The summed E-state index contributed by atoms with van der Waals surface area (Å²) in [5.74, 6) is 0.766. The fourth-order valence-corrected chi connectivity index (χ4v) is 5.76. The summed E-state index contributed by atoms with van der Waals surface area (Å²) >= 11 is 1.48. The Morgan fingerprint density at radius 2 is 2.00 bits per heavy atom. The van der Waals surface area contributed by atoms with Crippen LogP contribution in [0, 0.1) is 13.8 Å². The maximum Gasteiger partial charge on any atom is 0.409 e. The van der Waals surface area contributed by atoms with Crippen LogP contribution < -0.4 is 4.90 Å². The molecule has 0 bridgehead atoms. The van der Waals surface area contributed by atoms with E-state index in [4.69, 9.17) is 14.5 Å². The molecule has 0 spiro atoms. The first-order valence-corrected chi connectivity index (χ1v) is 14.2. The molecule has 2 aliphatic heterocycles. The Labute approximate surface area is 227 Å². The average Bonchev–Trinajstić information content (AvgIpc) is 3.60. The second-order valence-corrected chi connectivity index (χ2v) is 10.9. The van der Waals surface area contributed by atoms with Crippen LogP contribution in [0.5, 0.6) is 0 Å². The van der Waals surface area contributed by atoms with E-state index in [9.17, 15) is 9.59 Å². The molecule has 0 radical (unpaired) electrons. The van der Waals surface area contributed by atoms with Crippen molar-refractivity contribution in [3.05, 3.63) is 51.5 Å². The van der Waals surface area contributed by atoms with Crippen LogP contribution in [0.3, 0.4) is 0 Å². The van der Waals surface area contributed by atoms with Crippen molar-refractivity contribution >= 4 is 40.1 Å². The molecule has 9 nitrogen and oxygen atoms in total. The van der Waals surface area contributed by atoms with Gasteiger partial charge in [-0.05, 0) is 45.2 Å². The number of ether oxygens (including phenoxy) is 2. The molecule has 2 aromatic heterocycles. The van der Waals surface area contributed by atoms with Crippen molar-refractivity contribution in [3.8, 4) is 0 Å². The monoisotopic (exact) mass is 537 g/mol. The molecule has 2 fully saturated rings. The van der Waals surface area contributed by atoms with Crippen LogP contribution in [0.4, 0.5) is 10.6 Å². The van der Waals surface area contributed by atoms with Gasteiger partial charge in [-0.2, -0.15) is 0 Å². The van der Waals surface area contributed by atoms with Gasteiger partial charge in [0.1, 0.15) is 11.5 Å². The van der Waals surface area contributed by atoms with E-state index in [-0.39, 0.29) is 18.1 Å². The highest BCUT2D eigenvalue weighted by Crippen LogP contribution is 2.29. The van der Waals surface area contributed by atoms with Gasteiger partial charge in [-0.25, -0.2) is 14.8 Å². The van der Waals surface area contributed by atoms with Gasteiger partial charge in [0.05, 0.1) is 23.2 Å². The van der Waals surface area contributed by atoms with Gasteiger partial charge in [0.25, 0.3) is 5.91 Å². The van der Waals surface area contributed by atoms with Gasteiger partial charge in [-0.3, -0.25) is 4.79 Å². The zero-order chi connectivity index (χ0) is 26.6. The normalized spacial score (nSPS) is 17.7. The molecule has 2 aliphatic rings. The van der Waals surface area contributed by atoms with E-state index in [0.717, 1.165) is 52.3 Å². The predicted octanol–water partition coefficient (Wildman–Crippen LogP) is 4.41. The number of rotatable bonds is 7. The fourth-order valence-electron chi connectivity index (χ4n) is 5.17. The number of aromatic nitrogens is 2. The summed E-state index contributed by atoms with van der Waals surface area (Å²) < 4.78 is 11.1. The molecule has 2 saturated heterocycles. The lowest BCUT2D eigenvalue weighted by atomic mass is 10.1. The van der Waals surface area contributed by atoms with Crippen LogP contribution in [-0.2, 0) is 16.0 Å². The van der Waals surface area contributed by atoms with E-state index in [2.05, 4.69) is 35.0 Å². The smallest absolute Gasteiger partial charge is 0.409 e. The van der Waals surface area contributed by atoms with Crippen LogP contribution in [0.1, 0.15) is 46.4 Å². The third-order valence-electron chi connectivity index (χ3n) is 7.14. The number of amides is 2. The Bertz CT molecular complexity index is 1300. The number of pyridine rings is 1. The lowest BCUT2D eigenvalue weighted by molar-refractivity contribution is 0.0503. The highest BCUT2D eigenvalue weighted by Gasteiger charge is 2.29. The number of thiazole rings is 1. The van der Waals surface area contributed by atoms with E-state index in [1.807, 2.05) is 30.2 Å². The quantitative estimate of drug-likeness (QED) is 0.441. The molecule has 5 rings (SSSR count). The third kappa shape index (κ3) is 5.76. The zero-order valence-electron chi connectivity index (χ0n) is 22.3. The number of nitrogens with zero attached hydrogens (tertiary/aromatic N) is 5. The second-order valence-electron chi connectivity index (χ2n) is 9.86. The first-order valence-electron chi connectivity index (χ1n) is 13.3. The number of benzene rings is 1. The maximum atomic E-state index is 13.7. The Morgan fingerprint density at radius 1 is 1.18 bits per heavy atom. The summed E-state index contributed by atoms with van der Waals surface area (Å²) in [5.41, 5.74) is 3.50. The summed E-state index contributed by atoms with van der Waals surface area (Å²) in [7, 11) is 0. The minimum absolute atomic E-state index is 0.0194. The third-order valence-corrected chi connectivity index (χ3v) is 7.92. The molecule has 0 saturated carbocycles. The number of carbonyl (C=O) groups is 2. The first kappa shape index (κ1) is 26.4. The number of hydrogen-bond acceptors (Lipinski definition) is 8. The molecule has 38 heavy (non-hydrogen) atoms. The Morgan fingerprint density at radius 3 is 2.68 bits per heavy atom. The molecule has 202 valence electrons. The van der Waals surface area contributed by atoms with Crippen molar-refractivity contribution in [3.63, 3.8) is 0 Å². The van der Waals surface area contributed by atoms with Gasteiger partial charge in [0, 0.05) is 62.2 Å². The summed E-state index contributed by atoms with van der Waals surface area (Å²) in [6, 6.07) is 8.32. The molecule has 1 unspecified atom stereocenters. The fraction of sp³-hybridized carbons (Fsp3) is 0.500. The number of aryl methyl sites for hydroxylation is 2. The minimum Gasteiger partial charge on any atom is -0.450 e. The summed E-state index contributed by atoms with van der Waals surface area (Å²) in [6.45, 7) is 10.2. The molecule has 1 aromatic carbocycles. The lowest BCUT2D eigenvalue weighted by Gasteiger charge is -2.36. The molecule has 3 aromatic rings. The Kier molecular flexibility index (Phi) is 8.09. The maximum absolute atomic E-state index is 13.7. The second kappa shape index (κ2) is 11.7. The predicted molar refractivity (Wildman–Crippen MR) is 148 cm³/mol. The van der Waals surface area contributed by atoms with Crippen molar-refractivity contribution in [1.82, 2.24) is 19.8 Å². The lowest BCUT2D eigenvalue weighted by Crippen LogP contribution is -2.49. The highest BCUT2D eigenvalue weighted by atomic mass is 32.1. The number of carbonyl (C=O) groups excluding carboxylic acids is 2. The molecule has 0 N–H and O–H groups in total. The largest absolute Gasteiger partial charge is 0.450 e. The van der Waals surface area contributed by atoms with Crippen molar-refractivity contribution in [2.45, 2.75) is 46.3 Å². The standard InChI is InChI=1S/C28H35N5O4S/c1-4-36-28(35)32-12-10-31(11-13-32)26-22(15-21-8-5-7-19(2)25(21)30-26)16-33(17-23-9-6-14-37-23)27(34)24-18-38-20(3)29-24/h5,7-8,15,18,23H,4,6,9-14,16-17H2,1-3H3. The number of fused-ring (bicyclic) bond motifs is 1. The van der Waals surface area contributed by atoms with Crippen LogP contribution in [-0.4, -0.2) is 83.8 Å². The topological polar surface area (TPSA) is 88.1 Å². The van der Waals surface area contributed by atoms with E-state index in [1.54, 1.807) is 4.90 Å². The van der Waals surface area contributed by atoms with Gasteiger partial charge >= 0.3 is 6.09 Å². The summed E-state index contributed by atoms with van der Waals surface area (Å²) in [5, 5.41) is 3.74. The molecule has 1 atom stereocenters. The van der Waals surface area contributed by atoms with E-state index >= 15 is 0 Å². The van der Waals surface area contributed by atoms with Crippen LogP contribution in [0.25, 0.3) is 10.9 Å². The Hall–Kier alpha value is -3.24. The van der Waals surface area contributed by atoms with Gasteiger partial charge in [0.2, 0.25) is 0 Å². The van der Waals surface area contributed by atoms with Crippen LogP contribution in [0.2, 0.25) is 0 Å². The highest BCUT2D eigenvalue weighted by molar-refractivity contribution is 7.09. The molecular formula is C28H35N5O4S. The van der Waals surface area contributed by atoms with Gasteiger partial charge in [0.15, 0.2) is 0 Å². The van der Waals surface area contributed by atoms with E-state index in [0.29, 0.717) is 51.6 Å². The minimum atomic E-state index is -0.276. The molecule has 2 amide bonds. The zero-order valence-corrected chi connectivity index (χ0v) is 23.1. The summed E-state index contributed by atoms with van der Waals surface area (Å²) in [4.78, 5) is 41.3. The van der Waals surface area contributed by atoms with Crippen LogP contribution >= 0.6 is 11.3 Å². The van der Waals surface area contributed by atoms with Crippen molar-refractivity contribution in [1.29, 1.82) is 0 Å². The van der Waals surface area contributed by atoms with Crippen LogP contribution in [0.15, 0.2) is 29.6 Å². The molecular weight excluding hydrogens is 502 g/mol. The Balaban J connectivity index is 1.47. The van der Waals surface area contributed by atoms with Crippen molar-refractivity contribution in [2.24, 2.45) is 0 Å².